The zero-order valence-electron chi connectivity index (χ0n) is 11.2. The summed E-state index contributed by atoms with van der Waals surface area (Å²) >= 11 is 0. The molecule has 0 unspecified atom stereocenters. The van der Waals surface area contributed by atoms with E-state index >= 15 is 0 Å². The van der Waals surface area contributed by atoms with E-state index in [-0.39, 0.29) is 11.4 Å². The molecule has 0 radical (unpaired) electrons. The molecule has 0 aliphatic heterocycles. The summed E-state index contributed by atoms with van der Waals surface area (Å²) in [5.41, 5.74) is -0.280. The zero-order chi connectivity index (χ0) is 12.6. The third-order valence-corrected chi connectivity index (χ3v) is 2.12. The summed E-state index contributed by atoms with van der Waals surface area (Å²) in [4.78, 5) is 11.6. The van der Waals surface area contributed by atoms with Gasteiger partial charge in [-0.15, -0.1) is 0 Å². The van der Waals surface area contributed by atoms with Crippen LogP contribution in [0.15, 0.2) is 0 Å². The molecule has 4 heteroatoms. The topological polar surface area (TPSA) is 50.4 Å². The second-order valence-electron chi connectivity index (χ2n) is 5.08. The molecule has 4 nitrogen and oxygen atoms in total. The maximum Gasteiger partial charge on any atom is 0.220 e. The lowest BCUT2D eigenvalue weighted by atomic mass is 10.1. The van der Waals surface area contributed by atoms with Crippen molar-refractivity contribution in [2.24, 2.45) is 0 Å². The summed E-state index contributed by atoms with van der Waals surface area (Å²) in [5, 5.41) is 6.24. The fourth-order valence-electron chi connectivity index (χ4n) is 1.48. The first-order chi connectivity index (χ1) is 7.37. The first-order valence-electron chi connectivity index (χ1n) is 5.91. The van der Waals surface area contributed by atoms with Crippen molar-refractivity contribution in [1.29, 1.82) is 0 Å². The van der Waals surface area contributed by atoms with Crippen molar-refractivity contribution in [3.63, 3.8) is 0 Å². The van der Waals surface area contributed by atoms with E-state index in [2.05, 4.69) is 24.5 Å². The summed E-state index contributed by atoms with van der Waals surface area (Å²) in [6, 6.07) is 0.480. The van der Waals surface area contributed by atoms with Crippen LogP contribution >= 0.6 is 0 Å². The van der Waals surface area contributed by atoms with Gasteiger partial charge in [0.25, 0.3) is 0 Å². The van der Waals surface area contributed by atoms with Gasteiger partial charge >= 0.3 is 0 Å². The molecule has 0 saturated carbocycles. The fraction of sp³-hybridized carbons (Fsp3) is 0.917. The van der Waals surface area contributed by atoms with Crippen LogP contribution in [0.4, 0.5) is 0 Å². The number of methoxy groups -OCH3 is 1. The van der Waals surface area contributed by atoms with Gasteiger partial charge in [0, 0.05) is 19.6 Å². The SMILES string of the molecule is COCC(C)(C)NC(=O)CCCNC(C)C. The Hall–Kier alpha value is -0.610. The van der Waals surface area contributed by atoms with Gasteiger partial charge in [-0.1, -0.05) is 13.8 Å². The molecule has 0 rings (SSSR count). The third kappa shape index (κ3) is 8.68. The molecule has 1 amide bonds. The molecule has 0 aliphatic rings. The van der Waals surface area contributed by atoms with E-state index in [4.69, 9.17) is 4.74 Å². The van der Waals surface area contributed by atoms with Gasteiger partial charge in [-0.3, -0.25) is 4.79 Å². The first-order valence-corrected chi connectivity index (χ1v) is 5.91. The number of amides is 1. The van der Waals surface area contributed by atoms with Gasteiger partial charge in [0.05, 0.1) is 12.1 Å². The molecule has 0 atom stereocenters. The Morgan fingerprint density at radius 1 is 1.38 bits per heavy atom. The largest absolute Gasteiger partial charge is 0.382 e. The van der Waals surface area contributed by atoms with Crippen molar-refractivity contribution < 1.29 is 9.53 Å². The highest BCUT2D eigenvalue weighted by Gasteiger charge is 2.19. The summed E-state index contributed by atoms with van der Waals surface area (Å²) in [6.45, 7) is 9.53. The van der Waals surface area contributed by atoms with E-state index in [0.29, 0.717) is 19.1 Å². The number of rotatable bonds is 8. The Morgan fingerprint density at radius 2 is 2.00 bits per heavy atom. The average molecular weight is 230 g/mol. The molecule has 0 aromatic rings. The Kier molecular flexibility index (Phi) is 7.34. The van der Waals surface area contributed by atoms with Crippen LogP contribution in [-0.2, 0) is 9.53 Å². The van der Waals surface area contributed by atoms with E-state index in [9.17, 15) is 4.79 Å². The van der Waals surface area contributed by atoms with Crippen molar-refractivity contribution in [2.45, 2.75) is 52.1 Å². The maximum absolute atomic E-state index is 11.6. The maximum atomic E-state index is 11.6. The molecule has 0 aromatic heterocycles. The number of hydrogen-bond acceptors (Lipinski definition) is 3. The molecule has 0 spiro atoms. The second kappa shape index (κ2) is 7.63. The lowest BCUT2D eigenvalue weighted by Gasteiger charge is -2.25. The van der Waals surface area contributed by atoms with Gasteiger partial charge in [-0.05, 0) is 26.8 Å². The highest BCUT2D eigenvalue weighted by atomic mass is 16.5. The Bertz CT molecular complexity index is 203. The van der Waals surface area contributed by atoms with Crippen molar-refractivity contribution in [3.8, 4) is 0 Å². The zero-order valence-corrected chi connectivity index (χ0v) is 11.2. The van der Waals surface area contributed by atoms with E-state index in [1.807, 2.05) is 13.8 Å². The monoisotopic (exact) mass is 230 g/mol. The van der Waals surface area contributed by atoms with Gasteiger partial charge in [0.15, 0.2) is 0 Å². The van der Waals surface area contributed by atoms with Crippen molar-refractivity contribution in [1.82, 2.24) is 10.6 Å². The van der Waals surface area contributed by atoms with Gasteiger partial charge in [-0.2, -0.15) is 0 Å². The van der Waals surface area contributed by atoms with Gasteiger partial charge in [0.2, 0.25) is 5.91 Å². The lowest BCUT2D eigenvalue weighted by Crippen LogP contribution is -2.46. The van der Waals surface area contributed by atoms with Crippen LogP contribution in [0.2, 0.25) is 0 Å². The van der Waals surface area contributed by atoms with Gasteiger partial charge < -0.3 is 15.4 Å². The predicted molar refractivity (Wildman–Crippen MR) is 66.5 cm³/mol. The van der Waals surface area contributed by atoms with Crippen LogP contribution in [0.1, 0.15) is 40.5 Å². The molecule has 0 saturated heterocycles. The molecule has 96 valence electrons. The Balaban J connectivity index is 3.66. The van der Waals surface area contributed by atoms with Gasteiger partial charge in [0.1, 0.15) is 0 Å². The van der Waals surface area contributed by atoms with Crippen molar-refractivity contribution in [3.05, 3.63) is 0 Å². The van der Waals surface area contributed by atoms with Crippen LogP contribution in [0.25, 0.3) is 0 Å². The third-order valence-electron chi connectivity index (χ3n) is 2.12. The molecule has 0 fully saturated rings. The molecular formula is C12H26N2O2. The molecular weight excluding hydrogens is 204 g/mol. The van der Waals surface area contributed by atoms with E-state index in [1.54, 1.807) is 7.11 Å². The van der Waals surface area contributed by atoms with Crippen LogP contribution in [0.5, 0.6) is 0 Å². The molecule has 0 heterocycles. The number of hydrogen-bond donors (Lipinski definition) is 2. The highest BCUT2D eigenvalue weighted by Crippen LogP contribution is 2.03. The molecule has 0 aliphatic carbocycles. The summed E-state index contributed by atoms with van der Waals surface area (Å²) in [5.74, 6) is 0.0904. The summed E-state index contributed by atoms with van der Waals surface area (Å²) < 4.78 is 5.04. The normalized spacial score (nSPS) is 11.9. The Morgan fingerprint density at radius 3 is 2.50 bits per heavy atom. The van der Waals surface area contributed by atoms with E-state index in [1.165, 1.54) is 0 Å². The molecule has 2 N–H and O–H groups in total. The summed E-state index contributed by atoms with van der Waals surface area (Å²) in [6.07, 6.45) is 1.43. The standard InChI is InChI=1S/C12H26N2O2/c1-10(2)13-8-6-7-11(15)14-12(3,4)9-16-5/h10,13H,6-9H2,1-5H3,(H,14,15). The quantitative estimate of drug-likeness (QED) is 0.618. The number of ether oxygens (including phenoxy) is 1. The fourth-order valence-corrected chi connectivity index (χ4v) is 1.48. The number of nitrogens with one attached hydrogen (secondary N) is 2. The van der Waals surface area contributed by atoms with Crippen LogP contribution in [-0.4, -0.2) is 37.7 Å². The molecule has 16 heavy (non-hydrogen) atoms. The molecule has 0 bridgehead atoms. The van der Waals surface area contributed by atoms with Gasteiger partial charge in [-0.25, -0.2) is 0 Å². The summed E-state index contributed by atoms with van der Waals surface area (Å²) in [7, 11) is 1.64. The lowest BCUT2D eigenvalue weighted by molar-refractivity contribution is -0.123. The Labute approximate surface area is 99.1 Å². The molecule has 0 aromatic carbocycles. The van der Waals surface area contributed by atoms with Crippen molar-refractivity contribution >= 4 is 5.91 Å². The minimum atomic E-state index is -0.280. The van der Waals surface area contributed by atoms with Crippen molar-refractivity contribution in [2.75, 3.05) is 20.3 Å². The predicted octanol–water partition coefficient (Wildman–Crippen LogP) is 1.31. The van der Waals surface area contributed by atoms with E-state index < -0.39 is 0 Å². The number of carbonyl (C=O) groups is 1. The van der Waals surface area contributed by atoms with Crippen LogP contribution in [0, 0.1) is 0 Å². The van der Waals surface area contributed by atoms with Crippen LogP contribution < -0.4 is 10.6 Å². The smallest absolute Gasteiger partial charge is 0.220 e. The second-order valence-corrected chi connectivity index (χ2v) is 5.08. The minimum absolute atomic E-state index is 0.0904. The first kappa shape index (κ1) is 15.4. The minimum Gasteiger partial charge on any atom is -0.382 e. The number of carbonyl (C=O) groups excluding carboxylic acids is 1. The highest BCUT2D eigenvalue weighted by molar-refractivity contribution is 5.76. The average Bonchev–Trinajstić information content (AvgIpc) is 2.11. The van der Waals surface area contributed by atoms with Crippen LogP contribution in [0.3, 0.4) is 0 Å². The van der Waals surface area contributed by atoms with E-state index in [0.717, 1.165) is 13.0 Å².